The van der Waals surface area contributed by atoms with Crippen molar-refractivity contribution in [2.45, 2.75) is 19.3 Å². The van der Waals surface area contributed by atoms with Crippen LogP contribution in [0.25, 0.3) is 0 Å². The van der Waals surface area contributed by atoms with E-state index in [4.69, 9.17) is 4.74 Å². The smallest absolute Gasteiger partial charge is 0.223 e. The molecule has 1 aliphatic carbocycles. The zero-order valence-electron chi connectivity index (χ0n) is 15.0. The van der Waals surface area contributed by atoms with E-state index in [2.05, 4.69) is 10.2 Å². The average Bonchev–Trinajstić information content (AvgIpc) is 3.42. The lowest BCUT2D eigenvalue weighted by Gasteiger charge is -2.34. The number of piperazine rings is 1. The van der Waals surface area contributed by atoms with Gasteiger partial charge >= 0.3 is 0 Å². The molecule has 1 saturated carbocycles. The van der Waals surface area contributed by atoms with Gasteiger partial charge in [-0.2, -0.15) is 0 Å². The maximum absolute atomic E-state index is 12.3. The summed E-state index contributed by atoms with van der Waals surface area (Å²) in [5.41, 5.74) is 1.13. The summed E-state index contributed by atoms with van der Waals surface area (Å²) >= 11 is 0. The second kappa shape index (κ2) is 7.87. The van der Waals surface area contributed by atoms with Crippen LogP contribution in [0.1, 0.15) is 24.8 Å². The van der Waals surface area contributed by atoms with Crippen LogP contribution in [-0.2, 0) is 9.59 Å². The van der Waals surface area contributed by atoms with Gasteiger partial charge in [0.05, 0.1) is 7.11 Å². The fraction of sp³-hybridized carbons (Fsp3) is 0.579. The van der Waals surface area contributed by atoms with Gasteiger partial charge in [0, 0.05) is 52.1 Å². The molecule has 1 aromatic rings. The predicted molar refractivity (Wildman–Crippen MR) is 95.5 cm³/mol. The van der Waals surface area contributed by atoms with Gasteiger partial charge in [-0.05, 0) is 24.0 Å². The Balaban J connectivity index is 1.39. The molecule has 0 aromatic heterocycles. The third-order valence-corrected chi connectivity index (χ3v) is 5.21. The molecule has 2 aliphatic rings. The fourth-order valence-electron chi connectivity index (χ4n) is 3.56. The highest BCUT2D eigenvalue weighted by Gasteiger charge is 2.45. The Morgan fingerprint density at radius 2 is 1.92 bits per heavy atom. The lowest BCUT2D eigenvalue weighted by atomic mass is 10.1. The van der Waals surface area contributed by atoms with Gasteiger partial charge in [-0.1, -0.05) is 18.2 Å². The molecule has 0 bridgehead atoms. The number of rotatable bonds is 6. The second-order valence-electron chi connectivity index (χ2n) is 6.83. The van der Waals surface area contributed by atoms with E-state index < -0.39 is 0 Å². The molecule has 0 radical (unpaired) electrons. The van der Waals surface area contributed by atoms with Crippen molar-refractivity contribution in [1.29, 1.82) is 0 Å². The lowest BCUT2D eigenvalue weighted by Crippen LogP contribution is -2.49. The van der Waals surface area contributed by atoms with Crippen molar-refractivity contribution in [1.82, 2.24) is 15.1 Å². The van der Waals surface area contributed by atoms with Crippen LogP contribution in [0.5, 0.6) is 5.75 Å². The molecule has 6 nitrogen and oxygen atoms in total. The number of hydrogen-bond acceptors (Lipinski definition) is 4. The number of methoxy groups -OCH3 is 1. The topological polar surface area (TPSA) is 61.9 Å². The summed E-state index contributed by atoms with van der Waals surface area (Å²) in [6.07, 6.45) is 0.892. The average molecular weight is 345 g/mol. The first-order valence-electron chi connectivity index (χ1n) is 8.98. The van der Waals surface area contributed by atoms with Crippen LogP contribution in [0, 0.1) is 5.92 Å². The first-order chi connectivity index (χ1) is 12.1. The summed E-state index contributed by atoms with van der Waals surface area (Å²) < 4.78 is 5.39. The summed E-state index contributed by atoms with van der Waals surface area (Å²) in [4.78, 5) is 27.8. The molecule has 2 fully saturated rings. The van der Waals surface area contributed by atoms with E-state index in [0.717, 1.165) is 50.5 Å². The van der Waals surface area contributed by atoms with Gasteiger partial charge in [-0.15, -0.1) is 0 Å². The minimum atomic E-state index is 0.0610. The molecule has 2 atom stereocenters. The summed E-state index contributed by atoms with van der Waals surface area (Å²) in [7, 11) is 1.67. The highest BCUT2D eigenvalue weighted by atomic mass is 16.5. The molecular formula is C19H27N3O3. The first-order valence-corrected chi connectivity index (χ1v) is 8.98. The summed E-state index contributed by atoms with van der Waals surface area (Å²) in [6.45, 7) is 6.43. The molecule has 1 N–H and O–H groups in total. The van der Waals surface area contributed by atoms with Crippen LogP contribution < -0.4 is 10.1 Å². The third kappa shape index (κ3) is 4.31. The van der Waals surface area contributed by atoms with Crippen LogP contribution in [0.15, 0.2) is 24.3 Å². The van der Waals surface area contributed by atoms with E-state index >= 15 is 0 Å². The molecular weight excluding hydrogens is 318 g/mol. The maximum atomic E-state index is 12.3. The minimum absolute atomic E-state index is 0.0610. The second-order valence-corrected chi connectivity index (χ2v) is 6.83. The van der Waals surface area contributed by atoms with Crippen molar-refractivity contribution < 1.29 is 14.3 Å². The Morgan fingerprint density at radius 1 is 1.20 bits per heavy atom. The molecule has 0 spiro atoms. The zero-order valence-corrected chi connectivity index (χ0v) is 15.0. The Morgan fingerprint density at radius 3 is 2.60 bits per heavy atom. The Labute approximate surface area is 149 Å². The summed E-state index contributed by atoms with van der Waals surface area (Å²) in [5, 5.41) is 3.06. The van der Waals surface area contributed by atoms with Crippen LogP contribution in [0.3, 0.4) is 0 Å². The Bertz CT molecular complexity index is 626. The molecule has 3 rings (SSSR count). The van der Waals surface area contributed by atoms with Gasteiger partial charge < -0.3 is 15.0 Å². The monoisotopic (exact) mass is 345 g/mol. The van der Waals surface area contributed by atoms with Crippen molar-refractivity contribution in [2.24, 2.45) is 5.92 Å². The van der Waals surface area contributed by atoms with Gasteiger partial charge in [0.15, 0.2) is 0 Å². The number of ether oxygens (including phenoxy) is 1. The molecule has 1 heterocycles. The molecule has 25 heavy (non-hydrogen) atoms. The largest absolute Gasteiger partial charge is 0.496 e. The molecule has 6 heteroatoms. The van der Waals surface area contributed by atoms with Crippen molar-refractivity contribution in [2.75, 3.05) is 46.4 Å². The highest BCUT2D eigenvalue weighted by molar-refractivity contribution is 5.83. The number of hydrogen-bond donors (Lipinski definition) is 1. The molecule has 1 aliphatic heterocycles. The summed E-state index contributed by atoms with van der Waals surface area (Å²) in [6, 6.07) is 7.94. The molecule has 1 saturated heterocycles. The van der Waals surface area contributed by atoms with Crippen molar-refractivity contribution in [3.8, 4) is 5.75 Å². The molecule has 136 valence electrons. The van der Waals surface area contributed by atoms with Crippen molar-refractivity contribution in [3.63, 3.8) is 0 Å². The number of nitrogens with one attached hydrogen (secondary N) is 1. The maximum Gasteiger partial charge on any atom is 0.223 e. The predicted octanol–water partition coefficient (Wildman–Crippen LogP) is 1.08. The number of carbonyl (C=O) groups is 2. The number of benzene rings is 1. The number of carbonyl (C=O) groups excluding carboxylic acids is 2. The van der Waals surface area contributed by atoms with Crippen molar-refractivity contribution >= 4 is 11.8 Å². The van der Waals surface area contributed by atoms with Crippen molar-refractivity contribution in [3.05, 3.63) is 29.8 Å². The zero-order chi connectivity index (χ0) is 17.8. The first kappa shape index (κ1) is 17.7. The molecule has 2 amide bonds. The van der Waals surface area contributed by atoms with E-state index in [1.165, 1.54) is 0 Å². The Hall–Kier alpha value is -2.08. The molecule has 0 unspecified atom stereocenters. The van der Waals surface area contributed by atoms with E-state index in [1.54, 1.807) is 14.0 Å². The highest BCUT2D eigenvalue weighted by Crippen LogP contribution is 2.50. The van der Waals surface area contributed by atoms with Gasteiger partial charge in [0.2, 0.25) is 11.8 Å². The normalized spacial score (nSPS) is 23.2. The van der Waals surface area contributed by atoms with Gasteiger partial charge in [-0.25, -0.2) is 0 Å². The van der Waals surface area contributed by atoms with Crippen LogP contribution in [0.2, 0.25) is 0 Å². The SMILES string of the molecule is COc1ccccc1[C@H]1C[C@H]1C(=O)NCCN1CCN(C(C)=O)CC1. The van der Waals surface area contributed by atoms with E-state index in [-0.39, 0.29) is 23.7 Å². The molecule has 1 aromatic carbocycles. The minimum Gasteiger partial charge on any atom is -0.496 e. The van der Waals surface area contributed by atoms with E-state index in [0.29, 0.717) is 6.54 Å². The number of para-hydroxylation sites is 1. The lowest BCUT2D eigenvalue weighted by molar-refractivity contribution is -0.130. The van der Waals surface area contributed by atoms with Gasteiger partial charge in [0.1, 0.15) is 5.75 Å². The van der Waals surface area contributed by atoms with Crippen LogP contribution >= 0.6 is 0 Å². The standard InChI is InChI=1S/C19H27N3O3/c1-14(23)22-11-9-21(10-12-22)8-7-20-19(24)17-13-16(17)15-5-3-4-6-18(15)25-2/h3-6,16-17H,7-13H2,1-2H3,(H,20,24)/t16-,17-/m1/s1. The third-order valence-electron chi connectivity index (χ3n) is 5.21. The van der Waals surface area contributed by atoms with Gasteiger partial charge in [-0.3, -0.25) is 14.5 Å². The number of nitrogens with zero attached hydrogens (tertiary/aromatic N) is 2. The quantitative estimate of drug-likeness (QED) is 0.838. The summed E-state index contributed by atoms with van der Waals surface area (Å²) in [5.74, 6) is 1.48. The van der Waals surface area contributed by atoms with E-state index in [1.807, 2.05) is 29.2 Å². The fourth-order valence-corrected chi connectivity index (χ4v) is 3.56. The van der Waals surface area contributed by atoms with Gasteiger partial charge in [0.25, 0.3) is 0 Å². The Kier molecular flexibility index (Phi) is 5.58. The van der Waals surface area contributed by atoms with E-state index in [9.17, 15) is 9.59 Å². The number of amides is 2. The van der Waals surface area contributed by atoms with Crippen LogP contribution in [0.4, 0.5) is 0 Å². The van der Waals surface area contributed by atoms with Crippen LogP contribution in [-0.4, -0.2) is 68.0 Å².